The van der Waals surface area contributed by atoms with Crippen molar-refractivity contribution in [3.63, 3.8) is 0 Å². The summed E-state index contributed by atoms with van der Waals surface area (Å²) in [5, 5.41) is 15.4. The third-order valence-electron chi connectivity index (χ3n) is 4.82. The number of nitrogens with one attached hydrogen (secondary N) is 3. The average molecular weight is 449 g/mol. The molecule has 32 heavy (non-hydrogen) atoms. The van der Waals surface area contributed by atoms with Crippen LogP contribution in [0.5, 0.6) is 0 Å². The monoisotopic (exact) mass is 448 g/mol. The highest BCUT2D eigenvalue weighted by atomic mass is 32.2. The Morgan fingerprint density at radius 3 is 2.62 bits per heavy atom. The number of imide groups is 1. The van der Waals surface area contributed by atoms with Crippen LogP contribution in [-0.4, -0.2) is 43.5 Å². The standard InChI is InChI=1S/C23H24N6O2S/c1-14(2)25-22(31)26-20(30)13-32-23-28-27-21(29(23)19-11-7-4-8-15(19)3)17-12-24-18-10-6-5-9-16(17)18/h4-12,14,24H,13H2,1-3H3,(H2,25,26,30,31). The molecular formula is C23H24N6O2S. The van der Waals surface area contributed by atoms with Gasteiger partial charge in [-0.25, -0.2) is 4.79 Å². The largest absolute Gasteiger partial charge is 0.360 e. The molecule has 164 valence electrons. The smallest absolute Gasteiger partial charge is 0.321 e. The highest BCUT2D eigenvalue weighted by Crippen LogP contribution is 2.33. The van der Waals surface area contributed by atoms with Gasteiger partial charge in [-0.05, 0) is 38.5 Å². The van der Waals surface area contributed by atoms with Crippen LogP contribution in [-0.2, 0) is 4.79 Å². The molecule has 0 aliphatic carbocycles. The summed E-state index contributed by atoms with van der Waals surface area (Å²) in [6, 6.07) is 15.4. The van der Waals surface area contributed by atoms with Gasteiger partial charge in [0.2, 0.25) is 5.91 Å². The summed E-state index contributed by atoms with van der Waals surface area (Å²) in [6.45, 7) is 5.68. The van der Waals surface area contributed by atoms with Crippen LogP contribution in [0.25, 0.3) is 28.0 Å². The number of carbonyl (C=O) groups excluding carboxylic acids is 2. The first kappa shape index (κ1) is 21.6. The van der Waals surface area contributed by atoms with Crippen molar-refractivity contribution < 1.29 is 9.59 Å². The molecule has 0 fully saturated rings. The molecule has 0 aliphatic heterocycles. The van der Waals surface area contributed by atoms with Gasteiger partial charge in [0, 0.05) is 28.7 Å². The van der Waals surface area contributed by atoms with Gasteiger partial charge in [0.25, 0.3) is 0 Å². The Balaban J connectivity index is 1.67. The molecule has 0 saturated carbocycles. The molecule has 4 aromatic rings. The summed E-state index contributed by atoms with van der Waals surface area (Å²) in [7, 11) is 0. The molecule has 0 bridgehead atoms. The fourth-order valence-corrected chi connectivity index (χ4v) is 4.16. The minimum absolute atomic E-state index is 0.0312. The van der Waals surface area contributed by atoms with Crippen molar-refractivity contribution in [3.05, 3.63) is 60.3 Å². The highest BCUT2D eigenvalue weighted by molar-refractivity contribution is 7.99. The van der Waals surface area contributed by atoms with Gasteiger partial charge in [-0.2, -0.15) is 0 Å². The Morgan fingerprint density at radius 2 is 1.84 bits per heavy atom. The van der Waals surface area contributed by atoms with E-state index in [0.717, 1.165) is 27.7 Å². The summed E-state index contributed by atoms with van der Waals surface area (Å²) in [4.78, 5) is 27.4. The van der Waals surface area contributed by atoms with E-state index in [9.17, 15) is 9.59 Å². The first-order chi connectivity index (χ1) is 15.4. The lowest BCUT2D eigenvalue weighted by atomic mass is 10.1. The van der Waals surface area contributed by atoms with Crippen molar-refractivity contribution in [2.45, 2.75) is 32.0 Å². The number of nitrogens with zero attached hydrogens (tertiary/aromatic N) is 3. The third-order valence-corrected chi connectivity index (χ3v) is 5.75. The van der Waals surface area contributed by atoms with Gasteiger partial charge in [-0.3, -0.25) is 14.7 Å². The van der Waals surface area contributed by atoms with Gasteiger partial charge in [0.15, 0.2) is 11.0 Å². The summed E-state index contributed by atoms with van der Waals surface area (Å²) in [5.74, 6) is 0.307. The second-order valence-electron chi connectivity index (χ2n) is 7.64. The number of H-pyrrole nitrogens is 1. The highest BCUT2D eigenvalue weighted by Gasteiger charge is 2.21. The lowest BCUT2D eigenvalue weighted by Crippen LogP contribution is -2.43. The lowest BCUT2D eigenvalue weighted by molar-refractivity contribution is -0.117. The third kappa shape index (κ3) is 4.52. The molecule has 8 nitrogen and oxygen atoms in total. The molecule has 0 radical (unpaired) electrons. The SMILES string of the molecule is Cc1ccccc1-n1c(SCC(=O)NC(=O)NC(C)C)nnc1-c1c[nH]c2ccccc12. The Bertz CT molecular complexity index is 1280. The van der Waals surface area contributed by atoms with E-state index in [-0.39, 0.29) is 11.8 Å². The van der Waals surface area contributed by atoms with Crippen LogP contribution in [0.3, 0.4) is 0 Å². The first-order valence-corrected chi connectivity index (χ1v) is 11.2. The van der Waals surface area contributed by atoms with Crippen LogP contribution in [0.15, 0.2) is 59.9 Å². The number of rotatable bonds is 6. The molecule has 9 heteroatoms. The minimum atomic E-state index is -0.509. The van der Waals surface area contributed by atoms with E-state index in [2.05, 4.69) is 25.8 Å². The fraction of sp³-hybridized carbons (Fsp3) is 0.217. The number of thioether (sulfide) groups is 1. The number of fused-ring (bicyclic) bond motifs is 1. The Morgan fingerprint density at radius 1 is 1.09 bits per heavy atom. The number of carbonyl (C=O) groups is 2. The normalized spacial score (nSPS) is 11.1. The van der Waals surface area contributed by atoms with E-state index in [4.69, 9.17) is 0 Å². The number of benzene rings is 2. The number of amides is 3. The predicted molar refractivity (Wildman–Crippen MR) is 126 cm³/mol. The van der Waals surface area contributed by atoms with Crippen molar-refractivity contribution in [2.24, 2.45) is 0 Å². The zero-order valence-electron chi connectivity index (χ0n) is 18.0. The number of urea groups is 1. The van der Waals surface area contributed by atoms with Crippen molar-refractivity contribution in [3.8, 4) is 17.1 Å². The van der Waals surface area contributed by atoms with Crippen LogP contribution >= 0.6 is 11.8 Å². The zero-order valence-corrected chi connectivity index (χ0v) is 18.9. The number of aryl methyl sites for hydroxylation is 1. The molecule has 0 aliphatic rings. The van der Waals surface area contributed by atoms with Gasteiger partial charge in [0.1, 0.15) is 0 Å². The molecule has 2 aromatic heterocycles. The number of aromatic nitrogens is 4. The van der Waals surface area contributed by atoms with Crippen LogP contribution < -0.4 is 10.6 Å². The molecule has 0 spiro atoms. The predicted octanol–water partition coefficient (Wildman–Crippen LogP) is 4.05. The van der Waals surface area contributed by atoms with E-state index in [1.165, 1.54) is 11.8 Å². The van der Waals surface area contributed by atoms with E-state index in [1.807, 2.05) is 80.1 Å². The van der Waals surface area contributed by atoms with E-state index >= 15 is 0 Å². The minimum Gasteiger partial charge on any atom is -0.360 e. The number of hydrogen-bond acceptors (Lipinski definition) is 5. The molecular weight excluding hydrogens is 424 g/mol. The maximum Gasteiger partial charge on any atom is 0.321 e. The average Bonchev–Trinajstić information content (AvgIpc) is 3.35. The summed E-state index contributed by atoms with van der Waals surface area (Å²) in [6.07, 6.45) is 1.92. The number of para-hydroxylation sites is 2. The maximum absolute atomic E-state index is 12.3. The first-order valence-electron chi connectivity index (χ1n) is 10.2. The molecule has 4 rings (SSSR count). The molecule has 0 saturated heterocycles. The number of hydrogen-bond donors (Lipinski definition) is 3. The van der Waals surface area contributed by atoms with Crippen LogP contribution in [0, 0.1) is 6.92 Å². The van der Waals surface area contributed by atoms with E-state index in [1.54, 1.807) is 0 Å². The van der Waals surface area contributed by atoms with E-state index < -0.39 is 11.9 Å². The van der Waals surface area contributed by atoms with Crippen molar-refractivity contribution in [2.75, 3.05) is 5.75 Å². The van der Waals surface area contributed by atoms with Gasteiger partial charge < -0.3 is 10.3 Å². The quantitative estimate of drug-likeness (QED) is 0.386. The zero-order chi connectivity index (χ0) is 22.7. The topological polar surface area (TPSA) is 105 Å². The van der Waals surface area contributed by atoms with Crippen molar-refractivity contribution in [1.82, 2.24) is 30.4 Å². The van der Waals surface area contributed by atoms with Gasteiger partial charge >= 0.3 is 6.03 Å². The van der Waals surface area contributed by atoms with Crippen LogP contribution in [0.1, 0.15) is 19.4 Å². The summed E-state index contributed by atoms with van der Waals surface area (Å²) in [5.41, 5.74) is 3.91. The molecule has 0 atom stereocenters. The van der Waals surface area contributed by atoms with Gasteiger partial charge in [0.05, 0.1) is 11.4 Å². The second kappa shape index (κ2) is 9.27. The second-order valence-corrected chi connectivity index (χ2v) is 8.58. The maximum atomic E-state index is 12.3. The fourth-order valence-electron chi connectivity index (χ4n) is 3.42. The van der Waals surface area contributed by atoms with Crippen LogP contribution in [0.2, 0.25) is 0 Å². The Hall–Kier alpha value is -3.59. The Kier molecular flexibility index (Phi) is 6.27. The molecule has 2 heterocycles. The molecule has 3 amide bonds. The van der Waals surface area contributed by atoms with Crippen molar-refractivity contribution in [1.29, 1.82) is 0 Å². The number of aromatic amines is 1. The summed E-state index contributed by atoms with van der Waals surface area (Å²) < 4.78 is 1.96. The van der Waals surface area contributed by atoms with Gasteiger partial charge in [-0.1, -0.05) is 48.2 Å². The molecule has 0 unspecified atom stereocenters. The van der Waals surface area contributed by atoms with Crippen molar-refractivity contribution >= 4 is 34.6 Å². The Labute approximate surface area is 189 Å². The van der Waals surface area contributed by atoms with Crippen LogP contribution in [0.4, 0.5) is 4.79 Å². The van der Waals surface area contributed by atoms with Gasteiger partial charge in [-0.15, -0.1) is 10.2 Å². The molecule has 3 N–H and O–H groups in total. The van der Waals surface area contributed by atoms with E-state index in [0.29, 0.717) is 11.0 Å². The molecule has 2 aromatic carbocycles. The summed E-state index contributed by atoms with van der Waals surface area (Å²) >= 11 is 1.23. The lowest BCUT2D eigenvalue weighted by Gasteiger charge is -2.13.